The summed E-state index contributed by atoms with van der Waals surface area (Å²) in [5, 5.41) is 14.6. The predicted molar refractivity (Wildman–Crippen MR) is 116 cm³/mol. The van der Waals surface area contributed by atoms with E-state index >= 15 is 0 Å². The van der Waals surface area contributed by atoms with Crippen LogP contribution in [-0.2, 0) is 0 Å². The fraction of sp³-hybridized carbons (Fsp3) is 0.450. The maximum Gasteiger partial charge on any atom is 0.275 e. The molecule has 28 heavy (non-hydrogen) atoms. The van der Waals surface area contributed by atoms with Gasteiger partial charge < -0.3 is 15.2 Å². The minimum atomic E-state index is -0.0735. The van der Waals surface area contributed by atoms with Crippen LogP contribution in [0.1, 0.15) is 38.0 Å². The number of nitrogens with zero attached hydrogens (tertiary/aromatic N) is 3. The molecule has 0 aliphatic carbocycles. The fourth-order valence-electron chi connectivity index (χ4n) is 2.91. The third kappa shape index (κ3) is 5.12. The van der Waals surface area contributed by atoms with Crippen molar-refractivity contribution >= 4 is 39.3 Å². The van der Waals surface area contributed by atoms with Crippen LogP contribution >= 0.6 is 23.1 Å². The zero-order valence-electron chi connectivity index (χ0n) is 16.5. The number of anilines is 1. The van der Waals surface area contributed by atoms with Crippen LogP contribution < -0.4 is 10.1 Å². The van der Waals surface area contributed by atoms with Crippen LogP contribution in [0.25, 0.3) is 10.3 Å². The molecule has 2 atom stereocenters. The van der Waals surface area contributed by atoms with E-state index in [1.165, 1.54) is 16.9 Å². The van der Waals surface area contributed by atoms with Crippen LogP contribution in [0, 0.1) is 5.92 Å². The first-order valence-corrected chi connectivity index (χ1v) is 11.0. The molecule has 3 aromatic rings. The first-order valence-electron chi connectivity index (χ1n) is 9.31. The molecule has 3 rings (SSSR count). The van der Waals surface area contributed by atoms with Gasteiger partial charge in [-0.25, -0.2) is 9.97 Å². The van der Waals surface area contributed by atoms with Gasteiger partial charge in [0.1, 0.15) is 4.70 Å². The maximum atomic E-state index is 9.78. The van der Waals surface area contributed by atoms with Gasteiger partial charge in [-0.05, 0) is 24.8 Å². The number of nitrogens with one attached hydrogen (secondary N) is 1. The lowest BCUT2D eigenvalue weighted by molar-refractivity contribution is 0.259. The number of benzene rings is 1. The van der Waals surface area contributed by atoms with Crippen LogP contribution in [0.5, 0.6) is 5.19 Å². The molecule has 150 valence electrons. The molecule has 0 aliphatic heterocycles. The highest BCUT2D eigenvalue weighted by Gasteiger charge is 2.19. The highest BCUT2D eigenvalue weighted by Crippen LogP contribution is 2.37. The monoisotopic (exact) mass is 418 g/mol. The lowest BCUT2D eigenvalue weighted by atomic mass is 10.0. The minimum absolute atomic E-state index is 0.0442. The Morgan fingerprint density at radius 2 is 1.89 bits per heavy atom. The Balaban J connectivity index is 1.92. The van der Waals surface area contributed by atoms with Crippen molar-refractivity contribution in [1.29, 1.82) is 0 Å². The summed E-state index contributed by atoms with van der Waals surface area (Å²) < 4.78 is 6.14. The van der Waals surface area contributed by atoms with E-state index in [1.807, 2.05) is 18.2 Å². The Morgan fingerprint density at radius 3 is 2.54 bits per heavy atom. The number of methoxy groups -OCH3 is 1. The number of thioether (sulfide) groups is 1. The zero-order chi connectivity index (χ0) is 20.1. The van der Waals surface area contributed by atoms with Crippen molar-refractivity contribution in [2.75, 3.05) is 19.0 Å². The molecule has 0 bridgehead atoms. The van der Waals surface area contributed by atoms with E-state index in [1.54, 1.807) is 18.9 Å². The highest BCUT2D eigenvalue weighted by molar-refractivity contribution is 7.99. The fourth-order valence-corrected chi connectivity index (χ4v) is 4.58. The second-order valence-corrected chi connectivity index (χ2v) is 9.29. The molecule has 0 aliphatic rings. The number of hydrogen-bond donors (Lipinski definition) is 2. The second-order valence-electron chi connectivity index (χ2n) is 7.02. The number of aliphatic hydroxyl groups excluding tert-OH is 1. The van der Waals surface area contributed by atoms with Gasteiger partial charge in [-0.2, -0.15) is 4.98 Å². The third-order valence-corrected chi connectivity index (χ3v) is 6.29. The molecule has 0 saturated heterocycles. The van der Waals surface area contributed by atoms with Gasteiger partial charge in [0, 0.05) is 5.25 Å². The summed E-state index contributed by atoms with van der Waals surface area (Å²) in [6, 6.07) is 10.2. The van der Waals surface area contributed by atoms with Crippen LogP contribution in [-0.4, -0.2) is 39.8 Å². The summed E-state index contributed by atoms with van der Waals surface area (Å²) in [5.74, 6) is 1.16. The summed E-state index contributed by atoms with van der Waals surface area (Å²) in [6.45, 7) is 6.46. The van der Waals surface area contributed by atoms with E-state index < -0.39 is 0 Å². The molecule has 1 aromatic carbocycles. The molecule has 8 heteroatoms. The van der Waals surface area contributed by atoms with E-state index in [-0.39, 0.29) is 17.9 Å². The molecule has 2 heterocycles. The third-order valence-electron chi connectivity index (χ3n) is 4.26. The number of aliphatic hydroxyl groups is 1. The molecule has 6 nitrogen and oxygen atoms in total. The van der Waals surface area contributed by atoms with Crippen molar-refractivity contribution in [2.45, 2.75) is 43.6 Å². The summed E-state index contributed by atoms with van der Waals surface area (Å²) >= 11 is 3.00. The van der Waals surface area contributed by atoms with Crippen molar-refractivity contribution in [2.24, 2.45) is 5.92 Å². The second kappa shape index (κ2) is 9.54. The molecule has 0 amide bonds. The first-order chi connectivity index (χ1) is 13.5. The van der Waals surface area contributed by atoms with Gasteiger partial charge in [0.2, 0.25) is 0 Å². The molecule has 0 spiro atoms. The Bertz CT molecular complexity index is 902. The van der Waals surface area contributed by atoms with E-state index in [2.05, 4.69) is 48.2 Å². The lowest BCUT2D eigenvalue weighted by Gasteiger charge is -2.19. The highest BCUT2D eigenvalue weighted by atomic mass is 32.2. The van der Waals surface area contributed by atoms with E-state index in [0.29, 0.717) is 27.7 Å². The van der Waals surface area contributed by atoms with Crippen LogP contribution in [0.3, 0.4) is 0 Å². The average Bonchev–Trinajstić information content (AvgIpc) is 3.11. The molecule has 1 unspecified atom stereocenters. The van der Waals surface area contributed by atoms with Crippen molar-refractivity contribution < 1.29 is 9.84 Å². The summed E-state index contributed by atoms with van der Waals surface area (Å²) in [5.41, 5.74) is 1.83. The number of rotatable bonds is 9. The molecular formula is C20H26N4O2S2. The van der Waals surface area contributed by atoms with Gasteiger partial charge in [-0.3, -0.25) is 0 Å². The average molecular weight is 419 g/mol. The van der Waals surface area contributed by atoms with Gasteiger partial charge in [0.25, 0.3) is 5.19 Å². The van der Waals surface area contributed by atoms with Crippen molar-refractivity contribution in [1.82, 2.24) is 15.0 Å². The van der Waals surface area contributed by atoms with Gasteiger partial charge in [0.15, 0.2) is 16.6 Å². The molecular weight excluding hydrogens is 392 g/mol. The topological polar surface area (TPSA) is 80.2 Å². The van der Waals surface area contributed by atoms with Gasteiger partial charge >= 0.3 is 0 Å². The normalized spacial score (nSPS) is 13.6. The van der Waals surface area contributed by atoms with Crippen LogP contribution in [0.4, 0.5) is 5.82 Å². The maximum absolute atomic E-state index is 9.78. The molecule has 0 fully saturated rings. The Morgan fingerprint density at radius 1 is 1.14 bits per heavy atom. The minimum Gasteiger partial charge on any atom is -0.473 e. The summed E-state index contributed by atoms with van der Waals surface area (Å²) in [6.07, 6.45) is 0.848. The van der Waals surface area contributed by atoms with Crippen molar-refractivity contribution in [3.63, 3.8) is 0 Å². The van der Waals surface area contributed by atoms with Gasteiger partial charge in [-0.1, -0.05) is 67.3 Å². The predicted octanol–water partition coefficient (Wildman–Crippen LogP) is 4.77. The molecule has 0 radical (unpaired) electrons. The van der Waals surface area contributed by atoms with Crippen molar-refractivity contribution in [3.05, 3.63) is 35.9 Å². The largest absolute Gasteiger partial charge is 0.473 e. The Kier molecular flexibility index (Phi) is 7.09. The number of thiazole rings is 1. The summed E-state index contributed by atoms with van der Waals surface area (Å²) in [7, 11) is 1.60. The SMILES string of the molecule is COc1nc2nc(SC(C)c3ccccc3)nc(N[C@@H](CO)CC(C)C)c2s1. The van der Waals surface area contributed by atoms with Gasteiger partial charge in [-0.15, -0.1) is 0 Å². The zero-order valence-corrected chi connectivity index (χ0v) is 18.2. The Labute approximate surface area is 173 Å². The van der Waals surface area contributed by atoms with E-state index in [0.717, 1.165) is 11.1 Å². The van der Waals surface area contributed by atoms with Gasteiger partial charge in [0.05, 0.1) is 19.8 Å². The molecule has 0 saturated carbocycles. The van der Waals surface area contributed by atoms with Crippen LogP contribution in [0.15, 0.2) is 35.5 Å². The lowest BCUT2D eigenvalue weighted by Crippen LogP contribution is -2.26. The quantitative estimate of drug-likeness (QED) is 0.383. The molecule has 2 aromatic heterocycles. The standard InChI is InChI=1S/C20H26N4O2S2/c1-12(2)10-15(11-25)21-17-16-18(24-20(26-4)28-16)23-19(22-17)27-13(3)14-8-6-5-7-9-14/h5-9,12-13,15,25H,10-11H2,1-4H3,(H,21,22,23)/t13?,15-/m1/s1. The Hall–Kier alpha value is -1.90. The van der Waals surface area contributed by atoms with E-state index in [9.17, 15) is 5.11 Å². The van der Waals surface area contributed by atoms with Crippen LogP contribution in [0.2, 0.25) is 0 Å². The summed E-state index contributed by atoms with van der Waals surface area (Å²) in [4.78, 5) is 13.8. The molecule has 2 N–H and O–H groups in total. The number of fused-ring (bicyclic) bond motifs is 1. The number of aromatic nitrogens is 3. The first kappa shape index (κ1) is 20.8. The number of hydrogen-bond acceptors (Lipinski definition) is 8. The van der Waals surface area contributed by atoms with Crippen molar-refractivity contribution in [3.8, 4) is 5.19 Å². The van der Waals surface area contributed by atoms with E-state index in [4.69, 9.17) is 9.72 Å². The number of ether oxygens (including phenoxy) is 1. The smallest absolute Gasteiger partial charge is 0.275 e.